The molecule has 0 radical (unpaired) electrons. The third-order valence-electron chi connectivity index (χ3n) is 14.7. The molecule has 7 aromatic carbocycles. The number of rotatable bonds is 12. The summed E-state index contributed by atoms with van der Waals surface area (Å²) in [5, 5.41) is 68.8. The summed E-state index contributed by atoms with van der Waals surface area (Å²) in [6.45, 7) is 17.9. The Morgan fingerprint density at radius 2 is 0.915 bits per heavy atom. The Bertz CT molecular complexity index is 4990. The number of nitrogens with zero attached hydrogens (tertiary/aromatic N) is 6. The maximum absolute atomic E-state index is 11.8. The highest BCUT2D eigenvalue weighted by molar-refractivity contribution is 6.07. The number of aliphatic hydroxyl groups excluding tert-OH is 4. The van der Waals surface area contributed by atoms with Gasteiger partial charge < -0.3 is 41.1 Å². The molecular formula is C92H97F6N7O12. The zero-order valence-corrected chi connectivity index (χ0v) is 67.0. The Labute approximate surface area is 677 Å². The molecule has 0 fully saturated rings. The number of aliphatic hydroxyl groups is 4. The zero-order valence-electron chi connectivity index (χ0n) is 67.0. The van der Waals surface area contributed by atoms with Crippen molar-refractivity contribution in [1.29, 1.82) is 0 Å². The third kappa shape index (κ3) is 40.9. The number of carbonyl (C=O) groups is 5. The highest BCUT2D eigenvalue weighted by Crippen LogP contribution is 2.29. The molecule has 25 heteroatoms. The second kappa shape index (κ2) is 51.6. The number of phenols is 2. The molecule has 4 aromatic heterocycles. The number of carbonyl (C=O) groups excluding carboxylic acids is 4. The van der Waals surface area contributed by atoms with Gasteiger partial charge in [0.1, 0.15) is 34.2 Å². The summed E-state index contributed by atoms with van der Waals surface area (Å²) in [4.78, 5) is 77.4. The number of aromatic nitrogens is 4. The Morgan fingerprint density at radius 1 is 0.427 bits per heavy atom. The molecule has 11 aromatic rings. The number of carboxylic acids is 1. The van der Waals surface area contributed by atoms with Gasteiger partial charge in [0.25, 0.3) is 5.78 Å². The molecule has 0 saturated heterocycles. The molecule has 0 saturated carbocycles. The lowest BCUT2D eigenvalue weighted by molar-refractivity contribution is -0.166. The number of aliphatic imine (C=N–C) groups is 2. The number of alkyl halides is 6. The molecule has 0 spiro atoms. The number of carboxylic acid groups (broad SMARTS) is 1. The summed E-state index contributed by atoms with van der Waals surface area (Å²) in [5.41, 5.74) is 8.53. The minimum atomic E-state index is -5.42. The summed E-state index contributed by atoms with van der Waals surface area (Å²) in [5.74, 6) is -5.99. The van der Waals surface area contributed by atoms with Crippen LogP contribution in [-0.4, -0.2) is 130 Å². The van der Waals surface area contributed by atoms with Crippen molar-refractivity contribution in [3.8, 4) is 34.0 Å². The average molecular weight is 1610 g/mol. The van der Waals surface area contributed by atoms with Crippen molar-refractivity contribution in [3.63, 3.8) is 0 Å². The number of ketones is 4. The van der Waals surface area contributed by atoms with Gasteiger partial charge >= 0.3 is 18.3 Å². The largest absolute Gasteiger partial charge is 0.512 e. The van der Waals surface area contributed by atoms with Gasteiger partial charge in [-0.2, -0.15) is 26.3 Å². The van der Waals surface area contributed by atoms with Crippen LogP contribution in [0.3, 0.4) is 0 Å². The number of aromatic carboxylic acids is 1. The highest BCUT2D eigenvalue weighted by atomic mass is 19.4. The Kier molecular flexibility index (Phi) is 43.7. The van der Waals surface area contributed by atoms with Gasteiger partial charge in [0.15, 0.2) is 17.3 Å². The van der Waals surface area contributed by atoms with Gasteiger partial charge in [-0.1, -0.05) is 230 Å². The fourth-order valence-corrected chi connectivity index (χ4v) is 8.49. The van der Waals surface area contributed by atoms with Gasteiger partial charge in [-0.3, -0.25) is 44.1 Å². The van der Waals surface area contributed by atoms with E-state index in [9.17, 15) is 65.6 Å². The van der Waals surface area contributed by atoms with E-state index < -0.39 is 41.4 Å². The van der Waals surface area contributed by atoms with Crippen molar-refractivity contribution in [2.75, 3.05) is 21.1 Å². The maximum atomic E-state index is 11.8. The molecule has 0 atom stereocenters. The van der Waals surface area contributed by atoms with Gasteiger partial charge in [0.2, 0.25) is 5.76 Å². The van der Waals surface area contributed by atoms with E-state index in [0.29, 0.717) is 16.6 Å². The average Bonchev–Trinajstić information content (AvgIpc) is 0.794. The molecule has 0 unspecified atom stereocenters. The van der Waals surface area contributed by atoms with Crippen LogP contribution in [0, 0.1) is 10.8 Å². The molecular weight excluding hydrogens is 1510 g/mol. The lowest BCUT2D eigenvalue weighted by Gasteiger charge is -2.19. The van der Waals surface area contributed by atoms with Crippen molar-refractivity contribution in [1.82, 2.24) is 25.3 Å². The van der Waals surface area contributed by atoms with Crippen LogP contribution in [0.2, 0.25) is 0 Å². The van der Waals surface area contributed by atoms with E-state index in [1.54, 1.807) is 99.3 Å². The Hall–Kier alpha value is -14.0. The van der Waals surface area contributed by atoms with Gasteiger partial charge in [-0.15, -0.1) is 0 Å². The summed E-state index contributed by atoms with van der Waals surface area (Å²) in [7, 11) is 5.36. The molecule has 117 heavy (non-hydrogen) atoms. The number of nitrogens with one attached hydrogen (secondary N) is 1. The molecule has 19 nitrogen and oxygen atoms in total. The standard InChI is InChI=1S/C15H11N.C15H12O2.C11H9N.C11H20O2.C9H7NO.C8H9NO.C7H14N2.C6H5NO2.C5H2F6O2.C5H8O2/c1-2-7-13(8-3-1)15-14-9-5-4-6-12(14)10-11-16-15;16-14(12-7-3-1-4-8-12)11-15(17)13-9-5-2-6-10-13;1-2-6-10(7-3-1)11-8-4-5-9-12-11;1-10(2,3)8(12)7-9(13)11(4,5)6;11-8-5-1-3-7-4-2-6-10-9(7)8;1-9-6-7-4-2-3-5-8(7)10;1-6(8-3)5-7(2)9-4;8-6(9)5-3-1-2-4-7-5;6-4(7,8)2(12)1-3(13)5(9,10)11;1-4(6)3-5(2)7/h1-11H;1-11,16H;1-9H;7,12H,1-6H3;1-6,11H;2-6,10H,1H3;5,8H,1-4H3;1-4H,(H,8,9);1,12H;3,6H,1-2H3/b;14-11-;;8-7-;;;6-5-,9-7?;;2-1-;4-3-. The summed E-state index contributed by atoms with van der Waals surface area (Å²) < 4.78 is 68.1. The van der Waals surface area contributed by atoms with E-state index in [0.717, 1.165) is 39.3 Å². The van der Waals surface area contributed by atoms with Crippen LogP contribution in [0.1, 0.15) is 101 Å². The van der Waals surface area contributed by atoms with Crippen LogP contribution in [0.4, 0.5) is 26.3 Å². The lowest BCUT2D eigenvalue weighted by Crippen LogP contribution is -2.23. The first-order chi connectivity index (χ1) is 55.1. The van der Waals surface area contributed by atoms with Crippen LogP contribution < -0.4 is 5.32 Å². The lowest BCUT2D eigenvalue weighted by atomic mass is 9.87. The van der Waals surface area contributed by atoms with Crippen molar-refractivity contribution in [3.05, 3.63) is 343 Å². The second-order valence-corrected chi connectivity index (χ2v) is 26.4. The van der Waals surface area contributed by atoms with Gasteiger partial charge in [0.05, 0.1) is 17.1 Å². The monoisotopic (exact) mass is 1610 g/mol. The molecule has 0 bridgehead atoms. The first-order valence-corrected chi connectivity index (χ1v) is 35.6. The van der Waals surface area contributed by atoms with E-state index >= 15 is 0 Å². The summed E-state index contributed by atoms with van der Waals surface area (Å²) in [6, 6.07) is 75.6. The molecule has 0 aliphatic carbocycles. The Morgan fingerprint density at radius 3 is 1.38 bits per heavy atom. The highest BCUT2D eigenvalue weighted by Gasteiger charge is 2.41. The first-order valence-electron chi connectivity index (χ1n) is 35.6. The number of para-hydroxylation sites is 2. The molecule has 4 heterocycles. The predicted octanol–water partition coefficient (Wildman–Crippen LogP) is 21.7. The van der Waals surface area contributed by atoms with Gasteiger partial charge in [-0.25, -0.2) is 9.78 Å². The van der Waals surface area contributed by atoms with Crippen LogP contribution in [0.15, 0.2) is 331 Å². The quantitative estimate of drug-likeness (QED) is 0.0185. The zero-order chi connectivity index (χ0) is 87.7. The van der Waals surface area contributed by atoms with Crippen molar-refractivity contribution >= 4 is 68.5 Å². The number of pyridine rings is 4. The molecule has 614 valence electrons. The number of halogens is 6. The normalized spacial score (nSPS) is 11.5. The maximum Gasteiger partial charge on any atom is 0.454 e. The minimum absolute atomic E-state index is 0.0144. The Balaban J connectivity index is 0.000000445. The number of allylic oxidation sites excluding steroid dienone is 9. The van der Waals surface area contributed by atoms with Gasteiger partial charge in [0, 0.05) is 137 Å². The topological polar surface area (TPSA) is 315 Å². The van der Waals surface area contributed by atoms with Crippen LogP contribution >= 0.6 is 0 Å². The van der Waals surface area contributed by atoms with E-state index in [-0.39, 0.29) is 57.2 Å². The smallest absolute Gasteiger partial charge is 0.454 e. The van der Waals surface area contributed by atoms with E-state index in [4.69, 9.17) is 20.4 Å². The fourth-order valence-electron chi connectivity index (χ4n) is 8.49. The molecule has 8 N–H and O–H groups in total. The molecule has 11 rings (SSSR count). The number of hydrogen-bond donors (Lipinski definition) is 8. The second-order valence-electron chi connectivity index (χ2n) is 26.4. The molecule has 0 amide bonds. The predicted molar refractivity (Wildman–Crippen MR) is 452 cm³/mol. The number of hydrogen-bond acceptors (Lipinski definition) is 18. The van der Waals surface area contributed by atoms with Crippen LogP contribution in [0.5, 0.6) is 11.5 Å². The number of fused-ring (bicyclic) bond motifs is 2. The molecule has 0 aliphatic heterocycles. The molecule has 0 aliphatic rings. The number of phenolic OH excluding ortho intramolecular Hbond substituents is 2. The number of aromatic hydroxyl groups is 2. The SMILES string of the molecule is CC(=O)/C=C(/C)O.CC(C)(C)C(=O)/C=C(\O)C(C)(C)C.CN=C(C)/C=C(/C)NC.CN=Cc1ccccc1O.O=C(/C=C(\O)C(F)(F)F)C(F)(F)F.O=C(/C=C(\O)c1ccccc1)c1ccccc1.O=C(O)c1ccccn1.Oc1cccc2cccnc12.c1ccc(-c2ccccn2)cc1.c1ccc(-c2nccc3ccccc23)cc1. The van der Waals surface area contributed by atoms with E-state index in [1.807, 2.05) is 196 Å². The van der Waals surface area contributed by atoms with E-state index in [2.05, 4.69) is 83.8 Å². The van der Waals surface area contributed by atoms with E-state index in [1.165, 1.54) is 60.7 Å². The number of benzene rings is 7. The van der Waals surface area contributed by atoms with Crippen molar-refractivity contribution in [2.45, 2.75) is 81.6 Å². The van der Waals surface area contributed by atoms with Crippen molar-refractivity contribution < 1.29 is 86.1 Å². The minimum Gasteiger partial charge on any atom is -0.512 e. The van der Waals surface area contributed by atoms with Gasteiger partial charge in [-0.05, 0) is 93.8 Å². The third-order valence-corrected chi connectivity index (χ3v) is 14.7. The van der Waals surface area contributed by atoms with Crippen molar-refractivity contribution in [2.24, 2.45) is 20.8 Å². The summed E-state index contributed by atoms with van der Waals surface area (Å²) in [6.07, 6.45) is 2.47. The fraction of sp³-hybridized carbons (Fsp3) is 0.185. The summed E-state index contributed by atoms with van der Waals surface area (Å²) >= 11 is 0. The first kappa shape index (κ1) is 99.1. The van der Waals surface area contributed by atoms with Crippen LogP contribution in [-0.2, 0) is 14.4 Å². The van der Waals surface area contributed by atoms with Crippen LogP contribution in [0.25, 0.3) is 49.9 Å².